The largest absolute Gasteiger partial charge is 0.381 e. The van der Waals surface area contributed by atoms with Crippen LogP contribution >= 0.6 is 11.8 Å². The van der Waals surface area contributed by atoms with Crippen molar-refractivity contribution < 1.29 is 14.3 Å². The average molecular weight is 358 g/mol. The molecule has 5 heteroatoms. The van der Waals surface area contributed by atoms with Gasteiger partial charge in [0.05, 0.1) is 4.91 Å². The summed E-state index contributed by atoms with van der Waals surface area (Å²) >= 11 is 0.932. The van der Waals surface area contributed by atoms with Crippen LogP contribution in [0.4, 0.5) is 0 Å². The van der Waals surface area contributed by atoms with Gasteiger partial charge in [0.15, 0.2) is 5.62 Å². The van der Waals surface area contributed by atoms with Gasteiger partial charge in [-0.3, -0.25) is 9.59 Å². The van der Waals surface area contributed by atoms with E-state index in [1.807, 2.05) is 6.08 Å². The molecular formula is C19H35NO3S. The van der Waals surface area contributed by atoms with Gasteiger partial charge in [0.25, 0.3) is 5.91 Å². The van der Waals surface area contributed by atoms with E-state index in [0.29, 0.717) is 10.5 Å². The lowest BCUT2D eigenvalue weighted by atomic mass is 10.1. The molecule has 0 heterocycles. The Kier molecular flexibility index (Phi) is 17.9. The molecule has 0 fully saturated rings. The topological polar surface area (TPSA) is 55.4 Å². The van der Waals surface area contributed by atoms with Gasteiger partial charge in [-0.1, -0.05) is 57.9 Å². The zero-order valence-electron chi connectivity index (χ0n) is 15.5. The number of unbranched alkanes of at least 4 members (excludes halogenated alkanes) is 9. The fourth-order valence-electron chi connectivity index (χ4n) is 2.39. The highest BCUT2D eigenvalue weighted by atomic mass is 32.2. The number of ether oxygens (including phenoxy) is 1. The van der Waals surface area contributed by atoms with Gasteiger partial charge < -0.3 is 10.1 Å². The molecule has 0 atom stereocenters. The van der Waals surface area contributed by atoms with E-state index in [1.165, 1.54) is 44.9 Å². The van der Waals surface area contributed by atoms with Crippen molar-refractivity contribution in [2.24, 2.45) is 0 Å². The van der Waals surface area contributed by atoms with Crippen molar-refractivity contribution in [1.29, 1.82) is 0 Å². The van der Waals surface area contributed by atoms with Crippen LogP contribution in [0.1, 0.15) is 77.6 Å². The van der Waals surface area contributed by atoms with Gasteiger partial charge >= 0.3 is 0 Å². The number of likely N-dealkylation sites (N-methyl/N-ethyl adjacent to an activating group) is 1. The lowest BCUT2D eigenvalue weighted by Crippen LogP contribution is -2.18. The molecule has 24 heavy (non-hydrogen) atoms. The number of amides is 1. The summed E-state index contributed by atoms with van der Waals surface area (Å²) in [5, 5.41) is 2.54. The molecule has 0 aromatic heterocycles. The van der Waals surface area contributed by atoms with Gasteiger partial charge in [-0.2, -0.15) is 0 Å². The average Bonchev–Trinajstić information content (AvgIpc) is 2.60. The lowest BCUT2D eigenvalue weighted by Gasteiger charge is -2.05. The van der Waals surface area contributed by atoms with E-state index in [1.54, 1.807) is 7.05 Å². The SMILES string of the molecule is CCCCCCCCCCOCCCC/C=C(\SC=O)C(=O)NC. The van der Waals surface area contributed by atoms with Crippen LogP contribution in [0.3, 0.4) is 0 Å². The molecule has 0 spiro atoms. The quantitative estimate of drug-likeness (QED) is 0.229. The Hall–Kier alpha value is -0.810. The van der Waals surface area contributed by atoms with Crippen molar-refractivity contribution in [2.45, 2.75) is 77.6 Å². The third kappa shape index (κ3) is 14.8. The van der Waals surface area contributed by atoms with E-state index in [2.05, 4.69) is 12.2 Å². The minimum absolute atomic E-state index is 0.196. The van der Waals surface area contributed by atoms with E-state index in [9.17, 15) is 9.59 Å². The molecule has 0 rings (SSSR count). The summed E-state index contributed by atoms with van der Waals surface area (Å²) in [5.74, 6) is -0.196. The number of carbonyl (C=O) groups is 2. The Morgan fingerprint density at radius 1 is 0.958 bits per heavy atom. The second kappa shape index (κ2) is 18.5. The summed E-state index contributed by atoms with van der Waals surface area (Å²) in [6.45, 7) is 3.88. The van der Waals surface area contributed by atoms with E-state index in [0.717, 1.165) is 50.7 Å². The standard InChI is InChI=1S/C19H35NO3S/c1-3-4-5-6-7-8-9-12-15-23-16-13-10-11-14-18(24-17-21)19(22)20-2/h14,17H,3-13,15-16H2,1-2H3,(H,20,22)/b18-14-. The van der Waals surface area contributed by atoms with Crippen LogP contribution in [0.2, 0.25) is 0 Å². The van der Waals surface area contributed by atoms with Gasteiger partial charge in [-0.05, 0) is 37.4 Å². The van der Waals surface area contributed by atoms with E-state index >= 15 is 0 Å². The smallest absolute Gasteiger partial charge is 0.257 e. The Balaban J connectivity index is 3.41. The first-order chi connectivity index (χ1) is 11.8. The molecule has 0 bridgehead atoms. The first-order valence-electron chi connectivity index (χ1n) is 9.36. The Morgan fingerprint density at radius 2 is 1.54 bits per heavy atom. The Labute approximate surface area is 152 Å². The minimum atomic E-state index is -0.196. The zero-order valence-corrected chi connectivity index (χ0v) is 16.3. The number of thioether (sulfide) groups is 1. The van der Waals surface area contributed by atoms with Crippen LogP contribution in [0, 0.1) is 0 Å². The predicted molar refractivity (Wildman–Crippen MR) is 104 cm³/mol. The Bertz CT molecular complexity index is 346. The second-order valence-corrected chi connectivity index (χ2v) is 6.81. The van der Waals surface area contributed by atoms with E-state index in [4.69, 9.17) is 4.74 Å². The summed E-state index contributed by atoms with van der Waals surface area (Å²) in [5.41, 5.74) is 0.688. The van der Waals surface area contributed by atoms with Crippen LogP contribution in [-0.2, 0) is 14.3 Å². The third-order valence-electron chi connectivity index (χ3n) is 3.84. The maximum absolute atomic E-state index is 11.5. The highest BCUT2D eigenvalue weighted by Crippen LogP contribution is 2.14. The van der Waals surface area contributed by atoms with Crippen molar-refractivity contribution in [3.05, 3.63) is 11.0 Å². The normalized spacial score (nSPS) is 11.5. The molecule has 0 unspecified atom stereocenters. The van der Waals surface area contributed by atoms with Crippen LogP contribution in [-0.4, -0.2) is 31.8 Å². The maximum Gasteiger partial charge on any atom is 0.257 e. The second-order valence-electron chi connectivity index (χ2n) is 5.94. The van der Waals surface area contributed by atoms with Gasteiger partial charge in [0.1, 0.15) is 0 Å². The van der Waals surface area contributed by atoms with Crippen LogP contribution in [0.15, 0.2) is 11.0 Å². The maximum atomic E-state index is 11.5. The van der Waals surface area contributed by atoms with Gasteiger partial charge in [0.2, 0.25) is 0 Å². The summed E-state index contributed by atoms with van der Waals surface area (Å²) in [4.78, 5) is 22.5. The van der Waals surface area contributed by atoms with Crippen LogP contribution in [0.25, 0.3) is 0 Å². The molecule has 0 aromatic carbocycles. The lowest BCUT2D eigenvalue weighted by molar-refractivity contribution is -0.116. The molecule has 1 N–H and O–H groups in total. The summed E-state index contributed by atoms with van der Waals surface area (Å²) < 4.78 is 5.64. The molecule has 0 saturated carbocycles. The first kappa shape index (κ1) is 23.2. The number of hydrogen-bond donors (Lipinski definition) is 1. The van der Waals surface area contributed by atoms with Crippen molar-refractivity contribution in [1.82, 2.24) is 5.32 Å². The number of hydrogen-bond acceptors (Lipinski definition) is 4. The molecule has 0 aromatic rings. The first-order valence-corrected chi connectivity index (χ1v) is 10.2. The molecule has 1 amide bonds. The molecular weight excluding hydrogens is 322 g/mol. The molecule has 4 nitrogen and oxygen atoms in total. The molecule has 0 saturated heterocycles. The monoisotopic (exact) mass is 357 g/mol. The summed E-state index contributed by atoms with van der Waals surface area (Å²) in [6.07, 6.45) is 15.1. The Morgan fingerprint density at radius 3 is 2.12 bits per heavy atom. The van der Waals surface area contributed by atoms with Crippen LogP contribution in [0.5, 0.6) is 0 Å². The van der Waals surface area contributed by atoms with Gasteiger partial charge in [-0.25, -0.2) is 0 Å². The molecule has 0 aliphatic rings. The molecule has 0 radical (unpaired) electrons. The van der Waals surface area contributed by atoms with Gasteiger partial charge in [0, 0.05) is 20.3 Å². The molecule has 0 aliphatic heterocycles. The number of carbonyl (C=O) groups excluding carboxylic acids is 2. The summed E-state index contributed by atoms with van der Waals surface area (Å²) in [6, 6.07) is 0. The predicted octanol–water partition coefficient (Wildman–Crippen LogP) is 4.87. The number of rotatable bonds is 17. The van der Waals surface area contributed by atoms with Crippen molar-refractivity contribution in [3.8, 4) is 0 Å². The molecule has 140 valence electrons. The van der Waals surface area contributed by atoms with E-state index < -0.39 is 0 Å². The highest BCUT2D eigenvalue weighted by molar-refractivity contribution is 8.16. The fourth-order valence-corrected chi connectivity index (χ4v) is 2.92. The zero-order chi connectivity index (χ0) is 17.9. The third-order valence-corrected chi connectivity index (χ3v) is 4.54. The highest BCUT2D eigenvalue weighted by Gasteiger charge is 2.06. The fraction of sp³-hybridized carbons (Fsp3) is 0.789. The molecule has 0 aliphatic carbocycles. The van der Waals surface area contributed by atoms with Crippen LogP contribution < -0.4 is 5.32 Å². The van der Waals surface area contributed by atoms with Crippen molar-refractivity contribution in [3.63, 3.8) is 0 Å². The van der Waals surface area contributed by atoms with E-state index in [-0.39, 0.29) is 5.91 Å². The van der Waals surface area contributed by atoms with Crippen molar-refractivity contribution in [2.75, 3.05) is 20.3 Å². The number of allylic oxidation sites excluding steroid dienone is 1. The van der Waals surface area contributed by atoms with Crippen molar-refractivity contribution >= 4 is 23.3 Å². The number of nitrogens with one attached hydrogen (secondary N) is 1. The minimum Gasteiger partial charge on any atom is -0.381 e. The summed E-state index contributed by atoms with van der Waals surface area (Å²) in [7, 11) is 1.57. The van der Waals surface area contributed by atoms with Gasteiger partial charge in [-0.15, -0.1) is 0 Å².